The Morgan fingerprint density at radius 2 is 2.00 bits per heavy atom. The molecule has 1 aromatic rings. The van der Waals surface area contributed by atoms with Crippen molar-refractivity contribution < 1.29 is 0 Å². The number of anilines is 1. The Labute approximate surface area is 104 Å². The van der Waals surface area contributed by atoms with Gasteiger partial charge < -0.3 is 5.32 Å². The quantitative estimate of drug-likeness (QED) is 0.820. The molecule has 0 saturated carbocycles. The molecule has 94 valence electrons. The topological polar surface area (TPSA) is 37.8 Å². The molecule has 0 radical (unpaired) electrons. The Hall–Kier alpha value is -1.12. The summed E-state index contributed by atoms with van der Waals surface area (Å²) in [6.45, 7) is 5.41. The first-order chi connectivity index (χ1) is 8.35. The molecule has 1 aliphatic rings. The molecular weight excluding hydrogens is 210 g/mol. The standard InChI is InChI=1S/C14H23N3/c1-3-5-9-13-16-12-8-6-7-11(12)14(17-13)15-10-4-2/h3-10H2,1-2H3,(H,15,16,17). The van der Waals surface area contributed by atoms with Crippen LogP contribution >= 0.6 is 0 Å². The van der Waals surface area contributed by atoms with Gasteiger partial charge in [-0.1, -0.05) is 20.3 Å². The molecule has 0 aliphatic heterocycles. The number of unbranched alkanes of at least 4 members (excludes halogenated alkanes) is 1. The zero-order valence-corrected chi connectivity index (χ0v) is 11.1. The van der Waals surface area contributed by atoms with Gasteiger partial charge in [0, 0.05) is 24.2 Å². The first kappa shape index (κ1) is 12.3. The third kappa shape index (κ3) is 2.96. The van der Waals surface area contributed by atoms with E-state index in [0.717, 1.165) is 43.9 Å². The second kappa shape index (κ2) is 5.99. The van der Waals surface area contributed by atoms with E-state index in [1.54, 1.807) is 0 Å². The summed E-state index contributed by atoms with van der Waals surface area (Å²) in [5, 5.41) is 3.46. The van der Waals surface area contributed by atoms with Gasteiger partial charge in [-0.05, 0) is 32.1 Å². The lowest BCUT2D eigenvalue weighted by molar-refractivity contribution is 0.744. The zero-order valence-electron chi connectivity index (χ0n) is 11.1. The number of aryl methyl sites for hydroxylation is 2. The highest BCUT2D eigenvalue weighted by Gasteiger charge is 2.18. The number of hydrogen-bond donors (Lipinski definition) is 1. The molecule has 3 nitrogen and oxygen atoms in total. The molecule has 0 bridgehead atoms. The molecule has 0 unspecified atom stereocenters. The van der Waals surface area contributed by atoms with Crippen molar-refractivity contribution >= 4 is 5.82 Å². The molecular formula is C14H23N3. The number of hydrogen-bond acceptors (Lipinski definition) is 3. The SMILES string of the molecule is CCCCc1nc2c(c(NCCC)n1)CCC2. The van der Waals surface area contributed by atoms with Crippen LogP contribution in [0.2, 0.25) is 0 Å². The van der Waals surface area contributed by atoms with Crippen molar-refractivity contribution in [3.8, 4) is 0 Å². The van der Waals surface area contributed by atoms with Gasteiger partial charge in [-0.15, -0.1) is 0 Å². The fraction of sp³-hybridized carbons (Fsp3) is 0.714. The maximum atomic E-state index is 4.71. The fourth-order valence-corrected chi connectivity index (χ4v) is 2.32. The summed E-state index contributed by atoms with van der Waals surface area (Å²) in [7, 11) is 0. The van der Waals surface area contributed by atoms with E-state index in [4.69, 9.17) is 9.97 Å². The lowest BCUT2D eigenvalue weighted by Crippen LogP contribution is -2.09. The monoisotopic (exact) mass is 233 g/mol. The van der Waals surface area contributed by atoms with Gasteiger partial charge in [0.15, 0.2) is 0 Å². The third-order valence-corrected chi connectivity index (χ3v) is 3.28. The molecule has 1 aliphatic carbocycles. The smallest absolute Gasteiger partial charge is 0.133 e. The molecule has 1 N–H and O–H groups in total. The largest absolute Gasteiger partial charge is 0.370 e. The summed E-state index contributed by atoms with van der Waals surface area (Å²) in [5.41, 5.74) is 2.67. The van der Waals surface area contributed by atoms with Crippen molar-refractivity contribution in [3.05, 3.63) is 17.1 Å². The van der Waals surface area contributed by atoms with Crippen molar-refractivity contribution in [1.82, 2.24) is 9.97 Å². The van der Waals surface area contributed by atoms with Crippen LogP contribution in [-0.4, -0.2) is 16.5 Å². The van der Waals surface area contributed by atoms with Crippen molar-refractivity contribution in [2.24, 2.45) is 0 Å². The molecule has 3 heteroatoms. The van der Waals surface area contributed by atoms with Crippen LogP contribution in [0.5, 0.6) is 0 Å². The molecule has 0 atom stereocenters. The number of rotatable bonds is 6. The fourth-order valence-electron chi connectivity index (χ4n) is 2.32. The van der Waals surface area contributed by atoms with Crippen LogP contribution in [-0.2, 0) is 19.3 Å². The summed E-state index contributed by atoms with van der Waals surface area (Å²) in [6, 6.07) is 0. The van der Waals surface area contributed by atoms with Gasteiger partial charge in [-0.3, -0.25) is 0 Å². The molecule has 0 amide bonds. The lowest BCUT2D eigenvalue weighted by Gasteiger charge is -2.11. The summed E-state index contributed by atoms with van der Waals surface area (Å²) in [5.74, 6) is 2.14. The molecule has 1 aromatic heterocycles. The molecule has 1 heterocycles. The number of nitrogens with one attached hydrogen (secondary N) is 1. The van der Waals surface area contributed by atoms with E-state index >= 15 is 0 Å². The first-order valence-corrected chi connectivity index (χ1v) is 6.97. The third-order valence-electron chi connectivity index (χ3n) is 3.28. The number of aromatic nitrogens is 2. The maximum Gasteiger partial charge on any atom is 0.133 e. The minimum Gasteiger partial charge on any atom is -0.370 e. The minimum absolute atomic E-state index is 1.01. The van der Waals surface area contributed by atoms with Gasteiger partial charge in [-0.25, -0.2) is 9.97 Å². The van der Waals surface area contributed by atoms with Gasteiger partial charge in [-0.2, -0.15) is 0 Å². The van der Waals surface area contributed by atoms with Crippen molar-refractivity contribution in [2.75, 3.05) is 11.9 Å². The highest BCUT2D eigenvalue weighted by molar-refractivity contribution is 5.48. The average molecular weight is 233 g/mol. The second-order valence-electron chi connectivity index (χ2n) is 4.80. The zero-order chi connectivity index (χ0) is 12.1. The molecule has 0 spiro atoms. The molecule has 0 aromatic carbocycles. The maximum absolute atomic E-state index is 4.71. The van der Waals surface area contributed by atoms with Crippen molar-refractivity contribution in [3.63, 3.8) is 0 Å². The van der Waals surface area contributed by atoms with E-state index in [-0.39, 0.29) is 0 Å². The number of fused-ring (bicyclic) bond motifs is 1. The Bertz CT molecular complexity index is 374. The normalized spacial score (nSPS) is 13.8. The van der Waals surface area contributed by atoms with Gasteiger partial charge in [0.2, 0.25) is 0 Å². The predicted molar refractivity (Wildman–Crippen MR) is 71.4 cm³/mol. The Morgan fingerprint density at radius 1 is 1.12 bits per heavy atom. The van der Waals surface area contributed by atoms with E-state index < -0.39 is 0 Å². The van der Waals surface area contributed by atoms with Gasteiger partial charge in [0.1, 0.15) is 11.6 Å². The average Bonchev–Trinajstić information content (AvgIpc) is 2.81. The van der Waals surface area contributed by atoms with Gasteiger partial charge >= 0.3 is 0 Å². The molecule has 2 rings (SSSR count). The Morgan fingerprint density at radius 3 is 2.76 bits per heavy atom. The van der Waals surface area contributed by atoms with E-state index in [1.807, 2.05) is 0 Å². The number of nitrogens with zero attached hydrogens (tertiary/aromatic N) is 2. The highest BCUT2D eigenvalue weighted by atomic mass is 15.0. The summed E-state index contributed by atoms with van der Waals surface area (Å²) in [6.07, 6.45) is 8.08. The molecule has 0 fully saturated rings. The summed E-state index contributed by atoms with van der Waals surface area (Å²) >= 11 is 0. The van der Waals surface area contributed by atoms with E-state index in [1.165, 1.54) is 30.5 Å². The predicted octanol–water partition coefficient (Wildman–Crippen LogP) is 3.13. The summed E-state index contributed by atoms with van der Waals surface area (Å²) in [4.78, 5) is 9.41. The van der Waals surface area contributed by atoms with E-state index in [2.05, 4.69) is 19.2 Å². The van der Waals surface area contributed by atoms with Crippen LogP contribution in [0.4, 0.5) is 5.82 Å². The second-order valence-corrected chi connectivity index (χ2v) is 4.80. The van der Waals surface area contributed by atoms with Gasteiger partial charge in [0.25, 0.3) is 0 Å². The Kier molecular flexibility index (Phi) is 4.35. The van der Waals surface area contributed by atoms with Crippen LogP contribution in [0.3, 0.4) is 0 Å². The molecule has 0 saturated heterocycles. The van der Waals surface area contributed by atoms with E-state index in [9.17, 15) is 0 Å². The van der Waals surface area contributed by atoms with Crippen molar-refractivity contribution in [2.45, 2.75) is 58.8 Å². The van der Waals surface area contributed by atoms with Crippen LogP contribution < -0.4 is 5.32 Å². The highest BCUT2D eigenvalue weighted by Crippen LogP contribution is 2.26. The van der Waals surface area contributed by atoms with Crippen LogP contribution in [0.1, 0.15) is 56.6 Å². The van der Waals surface area contributed by atoms with Gasteiger partial charge in [0.05, 0.1) is 0 Å². The molecule has 17 heavy (non-hydrogen) atoms. The van der Waals surface area contributed by atoms with E-state index in [0.29, 0.717) is 0 Å². The first-order valence-electron chi connectivity index (χ1n) is 6.97. The Balaban J connectivity index is 2.19. The van der Waals surface area contributed by atoms with Crippen molar-refractivity contribution in [1.29, 1.82) is 0 Å². The van der Waals surface area contributed by atoms with Crippen LogP contribution in [0, 0.1) is 0 Å². The van der Waals surface area contributed by atoms with Crippen LogP contribution in [0.25, 0.3) is 0 Å². The minimum atomic E-state index is 1.01. The van der Waals surface area contributed by atoms with Crippen LogP contribution in [0.15, 0.2) is 0 Å². The lowest BCUT2D eigenvalue weighted by atomic mass is 10.2. The summed E-state index contributed by atoms with van der Waals surface area (Å²) < 4.78 is 0.